The molecule has 1 saturated heterocycles. The highest BCUT2D eigenvalue weighted by atomic mass is 32.1. The number of hydrogen-bond donors (Lipinski definition) is 2. The van der Waals surface area contributed by atoms with Gasteiger partial charge in [0.25, 0.3) is 5.89 Å². The van der Waals surface area contributed by atoms with Crippen LogP contribution in [0.5, 0.6) is 0 Å². The van der Waals surface area contributed by atoms with E-state index in [9.17, 15) is 10.1 Å². The molecule has 3 aromatic heterocycles. The normalized spacial score (nSPS) is 16.9. The molecule has 2 fully saturated rings. The molecular formula is C20H21N7O3S. The lowest BCUT2D eigenvalue weighted by Crippen LogP contribution is -2.40. The minimum Gasteiger partial charge on any atom is -0.459 e. The lowest BCUT2D eigenvalue weighted by Gasteiger charge is -2.30. The lowest BCUT2D eigenvalue weighted by atomic mass is 9.96. The summed E-state index contributed by atoms with van der Waals surface area (Å²) in [5.74, 6) is 1.84. The van der Waals surface area contributed by atoms with E-state index < -0.39 is 0 Å². The van der Waals surface area contributed by atoms with Crippen molar-refractivity contribution in [1.82, 2.24) is 25.1 Å². The molecule has 1 aliphatic heterocycles. The van der Waals surface area contributed by atoms with Crippen LogP contribution in [0.15, 0.2) is 27.2 Å². The summed E-state index contributed by atoms with van der Waals surface area (Å²) in [6.45, 7) is 1.55. The third-order valence-corrected chi connectivity index (χ3v) is 6.00. The number of nitrogens with one attached hydrogen (secondary N) is 2. The Kier molecular flexibility index (Phi) is 5.07. The number of nitriles is 1. The Morgan fingerprint density at radius 3 is 2.84 bits per heavy atom. The summed E-state index contributed by atoms with van der Waals surface area (Å²) in [5.41, 5.74) is 0.220. The van der Waals surface area contributed by atoms with Crippen LogP contribution in [0, 0.1) is 22.0 Å². The lowest BCUT2D eigenvalue weighted by molar-refractivity contribution is -0.125. The molecule has 0 bridgehead atoms. The van der Waals surface area contributed by atoms with Gasteiger partial charge in [0.15, 0.2) is 16.4 Å². The summed E-state index contributed by atoms with van der Waals surface area (Å²) < 4.78 is 13.7. The molecule has 1 saturated carbocycles. The van der Waals surface area contributed by atoms with Gasteiger partial charge in [0.1, 0.15) is 6.07 Å². The van der Waals surface area contributed by atoms with Gasteiger partial charge in [0, 0.05) is 25.0 Å². The SMILES string of the molecule is N#Cc1nc(-c2ccco2)oc1N1CCC(C(=O)NCc2n[nH]c(=S)n2C2CC2)CC1. The van der Waals surface area contributed by atoms with Crippen LogP contribution in [0.25, 0.3) is 11.7 Å². The van der Waals surface area contributed by atoms with Gasteiger partial charge in [-0.05, 0) is 50.0 Å². The van der Waals surface area contributed by atoms with E-state index >= 15 is 0 Å². The van der Waals surface area contributed by atoms with Gasteiger partial charge in [-0.1, -0.05) is 0 Å². The number of nitrogens with zero attached hydrogens (tertiary/aromatic N) is 5. The van der Waals surface area contributed by atoms with Crippen molar-refractivity contribution in [2.45, 2.75) is 38.3 Å². The Labute approximate surface area is 182 Å². The van der Waals surface area contributed by atoms with Crippen molar-refractivity contribution >= 4 is 24.0 Å². The summed E-state index contributed by atoms with van der Waals surface area (Å²) in [6.07, 6.45) is 5.04. The van der Waals surface area contributed by atoms with Crippen molar-refractivity contribution in [2.75, 3.05) is 18.0 Å². The minimum absolute atomic E-state index is 0.00488. The number of carbonyl (C=O) groups is 1. The van der Waals surface area contributed by atoms with Gasteiger partial charge in [0.05, 0.1) is 12.8 Å². The first-order valence-corrected chi connectivity index (χ1v) is 10.7. The van der Waals surface area contributed by atoms with Crippen molar-refractivity contribution in [1.29, 1.82) is 5.26 Å². The second kappa shape index (κ2) is 8.03. The fourth-order valence-corrected chi connectivity index (χ4v) is 4.23. The fourth-order valence-electron chi connectivity index (χ4n) is 3.93. The molecule has 10 nitrogen and oxygen atoms in total. The summed E-state index contributed by atoms with van der Waals surface area (Å²) in [5, 5.41) is 19.5. The molecule has 1 aliphatic carbocycles. The zero-order chi connectivity index (χ0) is 21.4. The molecule has 0 radical (unpaired) electrons. The van der Waals surface area contributed by atoms with Crippen LogP contribution in [0.3, 0.4) is 0 Å². The van der Waals surface area contributed by atoms with E-state index in [1.165, 1.54) is 6.26 Å². The maximum Gasteiger partial charge on any atom is 0.266 e. The number of carbonyl (C=O) groups excluding carboxylic acids is 1. The first kappa shape index (κ1) is 19.6. The quantitative estimate of drug-likeness (QED) is 0.561. The number of hydrogen-bond acceptors (Lipinski definition) is 8. The number of amides is 1. The van der Waals surface area contributed by atoms with E-state index in [0.29, 0.717) is 54.9 Å². The van der Waals surface area contributed by atoms with E-state index in [4.69, 9.17) is 21.1 Å². The Morgan fingerprint density at radius 2 is 2.16 bits per heavy atom. The van der Waals surface area contributed by atoms with Crippen molar-refractivity contribution in [3.8, 4) is 17.7 Å². The second-order valence-electron chi connectivity index (χ2n) is 7.79. The number of oxazole rings is 1. The van der Waals surface area contributed by atoms with Gasteiger partial charge in [-0.15, -0.1) is 0 Å². The topological polar surface area (TPSA) is 129 Å². The van der Waals surface area contributed by atoms with Crippen molar-refractivity contribution in [2.24, 2.45) is 5.92 Å². The van der Waals surface area contributed by atoms with Gasteiger partial charge < -0.3 is 19.1 Å². The van der Waals surface area contributed by atoms with Gasteiger partial charge >= 0.3 is 0 Å². The Bertz CT molecular complexity index is 1170. The highest BCUT2D eigenvalue weighted by Crippen LogP contribution is 2.36. The van der Waals surface area contributed by atoms with Gasteiger partial charge in [-0.2, -0.15) is 15.3 Å². The molecule has 0 aromatic carbocycles. The van der Waals surface area contributed by atoms with E-state index in [1.54, 1.807) is 12.1 Å². The molecule has 3 aromatic rings. The molecule has 160 valence electrons. The van der Waals surface area contributed by atoms with Gasteiger partial charge in [-0.3, -0.25) is 14.5 Å². The van der Waals surface area contributed by atoms with E-state index in [1.807, 2.05) is 9.47 Å². The maximum atomic E-state index is 12.7. The average molecular weight is 440 g/mol. The molecular weight excluding hydrogens is 418 g/mol. The molecule has 2 N–H and O–H groups in total. The number of piperidine rings is 1. The van der Waals surface area contributed by atoms with Crippen molar-refractivity contribution in [3.05, 3.63) is 34.7 Å². The smallest absolute Gasteiger partial charge is 0.266 e. The monoisotopic (exact) mass is 439 g/mol. The summed E-state index contributed by atoms with van der Waals surface area (Å²) in [6, 6.07) is 5.95. The van der Waals surface area contributed by atoms with Crippen molar-refractivity contribution < 1.29 is 13.6 Å². The predicted octanol–water partition coefficient (Wildman–Crippen LogP) is 2.93. The van der Waals surface area contributed by atoms with Crippen LogP contribution in [0.2, 0.25) is 0 Å². The fraction of sp³-hybridized carbons (Fsp3) is 0.450. The molecule has 2 aliphatic rings. The summed E-state index contributed by atoms with van der Waals surface area (Å²) in [7, 11) is 0. The maximum absolute atomic E-state index is 12.7. The Hall–Kier alpha value is -3.39. The highest BCUT2D eigenvalue weighted by Gasteiger charge is 2.30. The van der Waals surface area contributed by atoms with Crippen LogP contribution >= 0.6 is 12.2 Å². The third kappa shape index (κ3) is 3.86. The molecule has 1 amide bonds. The number of aromatic nitrogens is 4. The van der Waals surface area contributed by atoms with Crippen LogP contribution in [-0.4, -0.2) is 38.7 Å². The second-order valence-corrected chi connectivity index (χ2v) is 8.17. The number of aromatic amines is 1. The average Bonchev–Trinajstić information content (AvgIpc) is 3.19. The van der Waals surface area contributed by atoms with Crippen molar-refractivity contribution in [3.63, 3.8) is 0 Å². The molecule has 0 spiro atoms. The van der Waals surface area contributed by atoms with Crippen LogP contribution in [0.1, 0.15) is 43.2 Å². The van der Waals surface area contributed by atoms with E-state index in [-0.39, 0.29) is 23.4 Å². The first-order valence-electron chi connectivity index (χ1n) is 10.3. The molecule has 5 rings (SSSR count). The highest BCUT2D eigenvalue weighted by molar-refractivity contribution is 7.71. The molecule has 0 unspecified atom stereocenters. The summed E-state index contributed by atoms with van der Waals surface area (Å²) in [4.78, 5) is 18.9. The first-order chi connectivity index (χ1) is 15.1. The predicted molar refractivity (Wildman–Crippen MR) is 111 cm³/mol. The van der Waals surface area contributed by atoms with Gasteiger partial charge in [-0.25, -0.2) is 0 Å². The number of anilines is 1. The van der Waals surface area contributed by atoms with E-state index in [0.717, 1.165) is 18.7 Å². The van der Waals surface area contributed by atoms with E-state index in [2.05, 4.69) is 26.6 Å². The van der Waals surface area contributed by atoms with Crippen LogP contribution in [0.4, 0.5) is 5.88 Å². The zero-order valence-corrected chi connectivity index (χ0v) is 17.5. The largest absolute Gasteiger partial charge is 0.459 e. The van der Waals surface area contributed by atoms with Crippen LogP contribution in [-0.2, 0) is 11.3 Å². The zero-order valence-electron chi connectivity index (χ0n) is 16.7. The molecule has 11 heteroatoms. The standard InChI is InChI=1S/C20H21N7O3S/c21-10-14-19(30-18(23-14)15-2-1-9-29-15)26-7-5-12(6-8-26)17(28)22-11-16-24-25-20(31)27(16)13-3-4-13/h1-2,9,12-13H,3-8,11H2,(H,22,28)(H,25,31). The Morgan fingerprint density at radius 1 is 1.35 bits per heavy atom. The summed E-state index contributed by atoms with van der Waals surface area (Å²) >= 11 is 5.29. The minimum atomic E-state index is -0.106. The molecule has 0 atom stereocenters. The molecule has 31 heavy (non-hydrogen) atoms. The number of H-pyrrole nitrogens is 1. The molecule has 4 heterocycles. The Balaban J connectivity index is 1.19. The van der Waals surface area contributed by atoms with Crippen LogP contribution < -0.4 is 10.2 Å². The number of furan rings is 1. The van der Waals surface area contributed by atoms with Gasteiger partial charge in [0.2, 0.25) is 17.5 Å². The third-order valence-electron chi connectivity index (χ3n) is 5.71. The number of rotatable bonds is 6.